The second kappa shape index (κ2) is 8.98. The third-order valence-electron chi connectivity index (χ3n) is 9.10. The van der Waals surface area contributed by atoms with E-state index in [9.17, 15) is 0 Å². The van der Waals surface area contributed by atoms with Gasteiger partial charge in [0.15, 0.2) is 0 Å². The van der Waals surface area contributed by atoms with Gasteiger partial charge in [0, 0.05) is 71.3 Å². The SMILES string of the molecule is Cc1ccc2c(c1)Cc1nc(B(c3cnc4c(n3)Cc3cc(C)ccc3-4)c3cnc4c(n3)Cc3cc(C)ccc3-4)cnc1-2. The molecule has 0 saturated heterocycles. The van der Waals surface area contributed by atoms with Crippen molar-refractivity contribution < 1.29 is 0 Å². The van der Waals surface area contributed by atoms with Crippen LogP contribution >= 0.6 is 0 Å². The molecule has 0 fully saturated rings. The predicted octanol–water partition coefficient (Wildman–Crippen LogP) is 4.21. The second-order valence-electron chi connectivity index (χ2n) is 12.2. The fourth-order valence-corrected chi connectivity index (χ4v) is 7.09. The summed E-state index contributed by atoms with van der Waals surface area (Å²) >= 11 is 0. The summed E-state index contributed by atoms with van der Waals surface area (Å²) in [6.45, 7) is 6.05. The molecule has 0 amide bonds. The lowest BCUT2D eigenvalue weighted by Gasteiger charge is -2.15. The number of hydrogen-bond acceptors (Lipinski definition) is 6. The smallest absolute Gasteiger partial charge is 0.263 e. The summed E-state index contributed by atoms with van der Waals surface area (Å²) in [5, 5.41) is 0. The normalized spacial score (nSPS) is 13.2. The van der Waals surface area contributed by atoms with E-state index in [1.54, 1.807) is 0 Å². The Labute approximate surface area is 250 Å². The number of rotatable bonds is 3. The van der Waals surface area contributed by atoms with Crippen molar-refractivity contribution >= 4 is 23.5 Å². The molecule has 3 aliphatic rings. The fraction of sp³-hybridized carbons (Fsp3) is 0.167. The van der Waals surface area contributed by atoms with E-state index in [4.69, 9.17) is 29.9 Å². The minimum Gasteiger partial charge on any atom is -0.263 e. The van der Waals surface area contributed by atoms with Crippen molar-refractivity contribution in [2.45, 2.75) is 40.0 Å². The summed E-state index contributed by atoms with van der Waals surface area (Å²) < 4.78 is 0. The molecule has 204 valence electrons. The zero-order chi connectivity index (χ0) is 28.8. The van der Waals surface area contributed by atoms with Gasteiger partial charge >= 0.3 is 6.71 Å². The number of hydrogen-bond donors (Lipinski definition) is 0. The molecule has 0 radical (unpaired) electrons. The summed E-state index contributed by atoms with van der Waals surface area (Å²) in [4.78, 5) is 30.6. The molecule has 6 aromatic rings. The number of aromatic nitrogens is 6. The first-order chi connectivity index (χ1) is 21.0. The van der Waals surface area contributed by atoms with Gasteiger partial charge in [-0.2, -0.15) is 0 Å². The van der Waals surface area contributed by atoms with Gasteiger partial charge in [0.25, 0.3) is 0 Å². The highest BCUT2D eigenvalue weighted by Crippen LogP contribution is 2.36. The molecule has 0 unspecified atom stereocenters. The van der Waals surface area contributed by atoms with Crippen LogP contribution in [0.3, 0.4) is 0 Å². The van der Waals surface area contributed by atoms with Crippen molar-refractivity contribution in [2.75, 3.05) is 0 Å². The van der Waals surface area contributed by atoms with Gasteiger partial charge in [0.2, 0.25) is 0 Å². The molecular formula is C36H27BN6. The van der Waals surface area contributed by atoms with Crippen LogP contribution in [0.5, 0.6) is 0 Å². The summed E-state index contributed by atoms with van der Waals surface area (Å²) in [5.41, 5.74) is 19.5. The number of nitrogens with zero attached hydrogens (tertiary/aromatic N) is 6. The minimum atomic E-state index is -0.338. The van der Waals surface area contributed by atoms with E-state index >= 15 is 0 Å². The van der Waals surface area contributed by atoms with Gasteiger partial charge in [-0.05, 0) is 37.5 Å². The van der Waals surface area contributed by atoms with Crippen LogP contribution in [-0.4, -0.2) is 36.6 Å². The van der Waals surface area contributed by atoms with Crippen LogP contribution in [0.2, 0.25) is 0 Å². The second-order valence-corrected chi connectivity index (χ2v) is 12.2. The molecule has 3 aromatic carbocycles. The van der Waals surface area contributed by atoms with Gasteiger partial charge in [-0.3, -0.25) is 29.9 Å². The monoisotopic (exact) mass is 554 g/mol. The van der Waals surface area contributed by atoms with Crippen molar-refractivity contribution in [1.29, 1.82) is 0 Å². The van der Waals surface area contributed by atoms with Crippen LogP contribution < -0.4 is 16.8 Å². The third kappa shape index (κ3) is 3.81. The average Bonchev–Trinajstić information content (AvgIpc) is 3.65. The summed E-state index contributed by atoms with van der Waals surface area (Å²) in [5.74, 6) is 0. The molecular weight excluding hydrogens is 527 g/mol. The van der Waals surface area contributed by atoms with Gasteiger partial charge in [-0.1, -0.05) is 71.3 Å². The number of aryl methyl sites for hydroxylation is 3. The van der Waals surface area contributed by atoms with Crippen LogP contribution in [0.25, 0.3) is 33.8 Å². The van der Waals surface area contributed by atoms with E-state index in [0.717, 1.165) is 70.2 Å². The van der Waals surface area contributed by atoms with E-state index in [2.05, 4.69) is 75.4 Å². The number of fused-ring (bicyclic) bond motifs is 9. The van der Waals surface area contributed by atoms with E-state index in [0.29, 0.717) is 0 Å². The molecule has 0 atom stereocenters. The minimum absolute atomic E-state index is 0.338. The molecule has 6 nitrogen and oxygen atoms in total. The Morgan fingerprint density at radius 2 is 0.791 bits per heavy atom. The Kier molecular flexibility index (Phi) is 5.13. The maximum Gasteiger partial charge on any atom is 0.316 e. The van der Waals surface area contributed by atoms with Gasteiger partial charge in [0.05, 0.1) is 34.2 Å². The molecule has 3 aliphatic carbocycles. The van der Waals surface area contributed by atoms with Gasteiger partial charge in [0.1, 0.15) is 0 Å². The lowest BCUT2D eigenvalue weighted by molar-refractivity contribution is 1.09. The summed E-state index contributed by atoms with van der Waals surface area (Å²) in [6.07, 6.45) is 8.02. The fourth-order valence-electron chi connectivity index (χ4n) is 7.09. The third-order valence-corrected chi connectivity index (χ3v) is 9.10. The van der Waals surface area contributed by atoms with Crippen molar-refractivity contribution in [2.24, 2.45) is 0 Å². The molecule has 7 heteroatoms. The lowest BCUT2D eigenvalue weighted by Crippen LogP contribution is -2.56. The number of benzene rings is 3. The van der Waals surface area contributed by atoms with Crippen LogP contribution in [0.1, 0.15) is 50.5 Å². The molecule has 0 N–H and O–H groups in total. The molecule has 9 rings (SSSR count). The van der Waals surface area contributed by atoms with Crippen LogP contribution in [0, 0.1) is 20.8 Å². The largest absolute Gasteiger partial charge is 0.316 e. The zero-order valence-electron chi connectivity index (χ0n) is 24.3. The van der Waals surface area contributed by atoms with Gasteiger partial charge < -0.3 is 0 Å². The standard InChI is InChI=1S/C36H27BN6/c1-19-4-7-25-22(10-19)13-28-34(25)38-16-31(41-28)37(32-17-39-35-26-8-5-20(2)11-23(26)14-29(35)42-32)33-18-40-36-27-9-6-21(3)12-24(27)15-30(36)43-33/h4-12,16-18H,13-15H2,1-3H3. The first-order valence-electron chi connectivity index (χ1n) is 14.9. The molecule has 3 heterocycles. The zero-order valence-corrected chi connectivity index (χ0v) is 24.3. The Bertz CT molecular complexity index is 1930. The van der Waals surface area contributed by atoms with Crippen molar-refractivity contribution in [3.63, 3.8) is 0 Å². The van der Waals surface area contributed by atoms with Gasteiger partial charge in [-0.25, -0.2) is 0 Å². The van der Waals surface area contributed by atoms with Crippen molar-refractivity contribution in [3.8, 4) is 33.8 Å². The van der Waals surface area contributed by atoms with Crippen molar-refractivity contribution in [1.82, 2.24) is 29.9 Å². The average molecular weight is 554 g/mol. The Balaban J connectivity index is 1.17. The highest BCUT2D eigenvalue weighted by Gasteiger charge is 2.34. The Morgan fingerprint density at radius 3 is 1.12 bits per heavy atom. The predicted molar refractivity (Wildman–Crippen MR) is 170 cm³/mol. The van der Waals surface area contributed by atoms with E-state index in [1.807, 2.05) is 18.6 Å². The molecule has 0 aliphatic heterocycles. The highest BCUT2D eigenvalue weighted by atomic mass is 14.9. The lowest BCUT2D eigenvalue weighted by atomic mass is 9.42. The summed E-state index contributed by atoms with van der Waals surface area (Å²) in [6, 6.07) is 19.7. The Morgan fingerprint density at radius 1 is 0.465 bits per heavy atom. The molecule has 0 bridgehead atoms. The quantitative estimate of drug-likeness (QED) is 0.305. The topological polar surface area (TPSA) is 77.3 Å². The van der Waals surface area contributed by atoms with E-state index in [1.165, 1.54) is 50.1 Å². The first-order valence-corrected chi connectivity index (χ1v) is 14.9. The van der Waals surface area contributed by atoms with Crippen LogP contribution in [-0.2, 0) is 19.3 Å². The van der Waals surface area contributed by atoms with Gasteiger partial charge in [-0.15, -0.1) is 0 Å². The summed E-state index contributed by atoms with van der Waals surface area (Å²) in [7, 11) is 0. The van der Waals surface area contributed by atoms with E-state index in [-0.39, 0.29) is 6.71 Å². The molecule has 43 heavy (non-hydrogen) atoms. The maximum absolute atomic E-state index is 5.24. The molecule has 0 spiro atoms. The molecule has 3 aromatic heterocycles. The van der Waals surface area contributed by atoms with Crippen LogP contribution in [0.4, 0.5) is 0 Å². The van der Waals surface area contributed by atoms with Crippen molar-refractivity contribution in [3.05, 3.63) is 124 Å². The van der Waals surface area contributed by atoms with Crippen LogP contribution in [0.15, 0.2) is 73.2 Å². The highest BCUT2D eigenvalue weighted by molar-refractivity contribution is 6.93. The first kappa shape index (κ1) is 24.6. The molecule has 0 saturated carbocycles. The maximum atomic E-state index is 5.24. The Hall–Kier alpha value is -5.04. The van der Waals surface area contributed by atoms with E-state index < -0.39 is 0 Å².